The average molecular weight is 310 g/mol. The molecule has 0 atom stereocenters. The van der Waals surface area contributed by atoms with Gasteiger partial charge in [0.2, 0.25) is 11.8 Å². The van der Waals surface area contributed by atoms with Gasteiger partial charge in [-0.3, -0.25) is 9.59 Å². The first-order valence-electron chi connectivity index (χ1n) is 8.24. The Morgan fingerprint density at radius 3 is 2.32 bits per heavy atom. The zero-order chi connectivity index (χ0) is 15.8. The molecule has 1 heterocycles. The van der Waals surface area contributed by atoms with Crippen LogP contribution in [-0.4, -0.2) is 55.0 Å². The second-order valence-corrected chi connectivity index (χ2v) is 6.00. The van der Waals surface area contributed by atoms with Crippen LogP contribution in [0.3, 0.4) is 0 Å². The van der Waals surface area contributed by atoms with Crippen molar-refractivity contribution in [2.24, 2.45) is 0 Å². The smallest absolute Gasteiger partial charge is 0.315 e. The van der Waals surface area contributed by atoms with Crippen LogP contribution in [-0.2, 0) is 9.59 Å². The van der Waals surface area contributed by atoms with Crippen molar-refractivity contribution in [3.63, 3.8) is 0 Å². The highest BCUT2D eigenvalue weighted by atomic mass is 16.2. The van der Waals surface area contributed by atoms with Gasteiger partial charge in [-0.05, 0) is 25.7 Å². The van der Waals surface area contributed by atoms with Crippen LogP contribution in [0.4, 0.5) is 4.79 Å². The number of carbonyl (C=O) groups excluding carboxylic acids is 3. The Morgan fingerprint density at radius 1 is 0.955 bits per heavy atom. The molecule has 0 spiro atoms. The fourth-order valence-corrected chi connectivity index (χ4v) is 2.96. The van der Waals surface area contributed by atoms with E-state index in [1.54, 1.807) is 4.90 Å². The van der Waals surface area contributed by atoms with Crippen molar-refractivity contribution >= 4 is 17.8 Å². The molecule has 0 aromatic heterocycles. The summed E-state index contributed by atoms with van der Waals surface area (Å²) in [5, 5.41) is 8.10. The van der Waals surface area contributed by atoms with E-state index in [1.165, 1.54) is 12.8 Å². The molecule has 22 heavy (non-hydrogen) atoms. The number of hydrogen-bond acceptors (Lipinski definition) is 3. The molecule has 1 aliphatic heterocycles. The molecule has 4 amide bonds. The average Bonchev–Trinajstić information content (AvgIpc) is 3.17. The number of rotatable bonds is 6. The number of amides is 4. The van der Waals surface area contributed by atoms with E-state index >= 15 is 0 Å². The van der Waals surface area contributed by atoms with Gasteiger partial charge in [0.1, 0.15) is 0 Å². The summed E-state index contributed by atoms with van der Waals surface area (Å²) in [6.07, 6.45) is 6.80. The predicted octanol–water partition coefficient (Wildman–Crippen LogP) is 0.357. The lowest BCUT2D eigenvalue weighted by molar-refractivity contribution is -0.129. The third-order valence-corrected chi connectivity index (χ3v) is 4.22. The maximum atomic E-state index is 11.7. The van der Waals surface area contributed by atoms with Crippen LogP contribution in [0.2, 0.25) is 0 Å². The van der Waals surface area contributed by atoms with Crippen molar-refractivity contribution in [1.29, 1.82) is 0 Å². The molecular formula is C15H26N4O3. The lowest BCUT2D eigenvalue weighted by atomic mass is 10.2. The molecular weight excluding hydrogens is 284 g/mol. The van der Waals surface area contributed by atoms with Crippen LogP contribution in [0.25, 0.3) is 0 Å². The molecule has 2 rings (SSSR count). The highest BCUT2D eigenvalue weighted by Crippen LogP contribution is 2.17. The maximum absolute atomic E-state index is 11.7. The predicted molar refractivity (Wildman–Crippen MR) is 82.2 cm³/mol. The van der Waals surface area contributed by atoms with E-state index in [1.807, 2.05) is 0 Å². The van der Waals surface area contributed by atoms with E-state index in [9.17, 15) is 14.4 Å². The molecule has 1 saturated heterocycles. The molecule has 2 fully saturated rings. The van der Waals surface area contributed by atoms with Gasteiger partial charge in [-0.2, -0.15) is 0 Å². The number of nitrogens with one attached hydrogen (secondary N) is 3. The third-order valence-electron chi connectivity index (χ3n) is 4.22. The molecule has 1 aliphatic carbocycles. The van der Waals surface area contributed by atoms with E-state index in [4.69, 9.17) is 0 Å². The van der Waals surface area contributed by atoms with Crippen LogP contribution in [0, 0.1) is 0 Å². The molecule has 2 aliphatic rings. The Kier molecular flexibility index (Phi) is 6.48. The largest absolute Gasteiger partial charge is 0.353 e. The lowest BCUT2D eigenvalue weighted by Crippen LogP contribution is -2.44. The van der Waals surface area contributed by atoms with Crippen molar-refractivity contribution in [2.45, 2.75) is 51.0 Å². The van der Waals surface area contributed by atoms with Crippen LogP contribution in [0.1, 0.15) is 44.9 Å². The highest BCUT2D eigenvalue weighted by molar-refractivity contribution is 5.84. The number of urea groups is 1. The zero-order valence-electron chi connectivity index (χ0n) is 13.0. The van der Waals surface area contributed by atoms with Gasteiger partial charge in [-0.1, -0.05) is 12.8 Å². The van der Waals surface area contributed by atoms with Gasteiger partial charge in [0.25, 0.3) is 0 Å². The van der Waals surface area contributed by atoms with Crippen molar-refractivity contribution < 1.29 is 14.4 Å². The fraction of sp³-hybridized carbons (Fsp3) is 0.800. The summed E-state index contributed by atoms with van der Waals surface area (Å²) in [5.74, 6) is -0.0769. The Bertz CT molecular complexity index is 402. The van der Waals surface area contributed by atoms with Gasteiger partial charge in [0, 0.05) is 32.1 Å². The first-order valence-corrected chi connectivity index (χ1v) is 8.24. The Balaban J connectivity index is 1.51. The molecule has 0 bridgehead atoms. The summed E-state index contributed by atoms with van der Waals surface area (Å²) < 4.78 is 0. The molecule has 7 heteroatoms. The van der Waals surface area contributed by atoms with Crippen molar-refractivity contribution in [2.75, 3.05) is 26.2 Å². The molecule has 0 aromatic rings. The number of nitrogens with zero attached hydrogens (tertiary/aromatic N) is 1. The quantitative estimate of drug-likeness (QED) is 0.661. The summed E-state index contributed by atoms with van der Waals surface area (Å²) in [6, 6.07) is -0.0966. The summed E-state index contributed by atoms with van der Waals surface area (Å²) in [5.41, 5.74) is 0. The first-order chi connectivity index (χ1) is 10.6. The topological polar surface area (TPSA) is 90.5 Å². The second kappa shape index (κ2) is 8.60. The molecule has 0 unspecified atom stereocenters. The molecule has 124 valence electrons. The number of hydrogen-bond donors (Lipinski definition) is 3. The molecule has 0 aromatic carbocycles. The summed E-state index contributed by atoms with van der Waals surface area (Å²) >= 11 is 0. The SMILES string of the molecule is O=C(CCNC(=O)NCC(=O)N1CCCC1)NC1CCCC1. The van der Waals surface area contributed by atoms with Crippen molar-refractivity contribution in [1.82, 2.24) is 20.9 Å². The maximum Gasteiger partial charge on any atom is 0.315 e. The van der Waals surface area contributed by atoms with E-state index in [2.05, 4.69) is 16.0 Å². The van der Waals surface area contributed by atoms with E-state index < -0.39 is 6.03 Å². The normalized spacial score (nSPS) is 18.3. The third kappa shape index (κ3) is 5.54. The van der Waals surface area contributed by atoms with Gasteiger partial charge in [0.05, 0.1) is 6.54 Å². The Hall–Kier alpha value is -1.79. The van der Waals surface area contributed by atoms with Gasteiger partial charge < -0.3 is 20.9 Å². The Morgan fingerprint density at radius 2 is 1.64 bits per heavy atom. The number of carbonyl (C=O) groups is 3. The van der Waals surface area contributed by atoms with Gasteiger partial charge in [-0.15, -0.1) is 0 Å². The van der Waals surface area contributed by atoms with Gasteiger partial charge in [0.15, 0.2) is 0 Å². The second-order valence-electron chi connectivity index (χ2n) is 6.00. The molecule has 1 saturated carbocycles. The van der Waals surface area contributed by atoms with E-state index in [0.717, 1.165) is 38.8 Å². The van der Waals surface area contributed by atoms with E-state index in [-0.39, 0.29) is 31.3 Å². The Labute approximate surface area is 131 Å². The standard InChI is InChI=1S/C15H26N4O3/c20-13(18-12-5-1-2-6-12)7-8-16-15(22)17-11-14(21)19-9-3-4-10-19/h12H,1-11H2,(H,18,20)(H2,16,17,22). The van der Waals surface area contributed by atoms with Gasteiger partial charge in [-0.25, -0.2) is 4.79 Å². The zero-order valence-corrected chi connectivity index (χ0v) is 13.0. The lowest BCUT2D eigenvalue weighted by Gasteiger charge is -2.15. The van der Waals surface area contributed by atoms with Crippen molar-refractivity contribution in [3.05, 3.63) is 0 Å². The van der Waals surface area contributed by atoms with Crippen LogP contribution < -0.4 is 16.0 Å². The van der Waals surface area contributed by atoms with Crippen LogP contribution >= 0.6 is 0 Å². The minimum atomic E-state index is -0.402. The molecule has 7 nitrogen and oxygen atoms in total. The summed E-state index contributed by atoms with van der Waals surface area (Å²) in [7, 11) is 0. The number of likely N-dealkylation sites (tertiary alicyclic amines) is 1. The minimum absolute atomic E-state index is 0.0140. The van der Waals surface area contributed by atoms with E-state index in [0.29, 0.717) is 6.04 Å². The van der Waals surface area contributed by atoms with Crippen molar-refractivity contribution in [3.8, 4) is 0 Å². The first kappa shape index (κ1) is 16.6. The molecule has 3 N–H and O–H groups in total. The highest BCUT2D eigenvalue weighted by Gasteiger charge is 2.18. The van der Waals surface area contributed by atoms with Gasteiger partial charge >= 0.3 is 6.03 Å². The summed E-state index contributed by atoms with van der Waals surface area (Å²) in [6.45, 7) is 1.86. The monoisotopic (exact) mass is 310 g/mol. The van der Waals surface area contributed by atoms with Crippen LogP contribution in [0.5, 0.6) is 0 Å². The minimum Gasteiger partial charge on any atom is -0.353 e. The summed E-state index contributed by atoms with van der Waals surface area (Å²) in [4.78, 5) is 36.7. The molecule has 0 radical (unpaired) electrons. The fourth-order valence-electron chi connectivity index (χ4n) is 2.96. The van der Waals surface area contributed by atoms with Crippen LogP contribution in [0.15, 0.2) is 0 Å².